The maximum absolute atomic E-state index is 10.5. The summed E-state index contributed by atoms with van der Waals surface area (Å²) in [7, 11) is 0. The van der Waals surface area contributed by atoms with Gasteiger partial charge in [0.15, 0.2) is 0 Å². The molecule has 0 amide bonds. The van der Waals surface area contributed by atoms with E-state index >= 15 is 0 Å². The fourth-order valence-electron chi connectivity index (χ4n) is 1.38. The molecule has 0 aromatic rings. The molecule has 2 aliphatic rings. The second-order valence-corrected chi connectivity index (χ2v) is 3.52. The van der Waals surface area contributed by atoms with E-state index in [1.165, 1.54) is 13.1 Å². The SMILES string of the molecule is C1CN1.O=C(O)C1=C(C(=O)O)CCCC1. The van der Waals surface area contributed by atoms with Gasteiger partial charge in [-0.2, -0.15) is 0 Å². The first-order valence-corrected chi connectivity index (χ1v) is 5.02. The Hall–Kier alpha value is -1.36. The number of hydrogen-bond acceptors (Lipinski definition) is 3. The summed E-state index contributed by atoms with van der Waals surface area (Å²) in [5.41, 5.74) is 0.155. The van der Waals surface area contributed by atoms with E-state index in [2.05, 4.69) is 5.32 Å². The minimum absolute atomic E-state index is 0.0775. The van der Waals surface area contributed by atoms with Crippen molar-refractivity contribution < 1.29 is 19.8 Å². The number of hydrogen-bond donors (Lipinski definition) is 3. The van der Waals surface area contributed by atoms with Crippen LogP contribution in [0.25, 0.3) is 0 Å². The Morgan fingerprint density at radius 2 is 1.27 bits per heavy atom. The molecule has 5 nitrogen and oxygen atoms in total. The van der Waals surface area contributed by atoms with Gasteiger partial charge in [-0.05, 0) is 25.7 Å². The van der Waals surface area contributed by atoms with Crippen LogP contribution in [0.1, 0.15) is 25.7 Å². The van der Waals surface area contributed by atoms with E-state index in [0.717, 1.165) is 12.8 Å². The first-order chi connectivity index (χ1) is 7.13. The Morgan fingerprint density at radius 1 is 0.933 bits per heavy atom. The van der Waals surface area contributed by atoms with Crippen LogP contribution in [0.3, 0.4) is 0 Å². The molecular weight excluding hydrogens is 198 g/mol. The highest BCUT2D eigenvalue weighted by Crippen LogP contribution is 2.24. The Bertz CT molecular complexity index is 265. The Kier molecular flexibility index (Phi) is 4.30. The summed E-state index contributed by atoms with van der Waals surface area (Å²) in [6, 6.07) is 0. The first-order valence-electron chi connectivity index (χ1n) is 5.02. The molecule has 0 radical (unpaired) electrons. The van der Waals surface area contributed by atoms with Gasteiger partial charge < -0.3 is 15.5 Å². The van der Waals surface area contributed by atoms with Crippen molar-refractivity contribution in [1.29, 1.82) is 0 Å². The Balaban J connectivity index is 0.000000319. The molecular formula is C10H15NO4. The summed E-state index contributed by atoms with van der Waals surface area (Å²) < 4.78 is 0. The summed E-state index contributed by atoms with van der Waals surface area (Å²) in [6.07, 6.45) is 2.32. The lowest BCUT2D eigenvalue weighted by molar-refractivity contribution is -0.136. The summed E-state index contributed by atoms with van der Waals surface area (Å²) in [6.45, 7) is 2.50. The van der Waals surface area contributed by atoms with Crippen molar-refractivity contribution >= 4 is 11.9 Å². The van der Waals surface area contributed by atoms with E-state index in [4.69, 9.17) is 10.2 Å². The highest BCUT2D eigenvalue weighted by Gasteiger charge is 2.22. The van der Waals surface area contributed by atoms with Gasteiger partial charge in [-0.15, -0.1) is 0 Å². The molecule has 0 atom stereocenters. The van der Waals surface area contributed by atoms with Crippen LogP contribution in [0.4, 0.5) is 0 Å². The molecule has 0 bridgehead atoms. The molecule has 84 valence electrons. The van der Waals surface area contributed by atoms with E-state index in [1.54, 1.807) is 0 Å². The standard InChI is InChI=1S/C8H10O4.C2H5N/c9-7(10)5-3-1-2-4-6(5)8(11)12;1-2-3-1/h1-4H2,(H,9,10)(H,11,12);3H,1-2H2. The smallest absolute Gasteiger partial charge is 0.332 e. The van der Waals surface area contributed by atoms with Crippen molar-refractivity contribution in [2.24, 2.45) is 0 Å². The van der Waals surface area contributed by atoms with Crippen LogP contribution in [0.15, 0.2) is 11.1 Å². The number of nitrogens with one attached hydrogen (secondary N) is 1. The molecule has 1 fully saturated rings. The van der Waals surface area contributed by atoms with E-state index in [-0.39, 0.29) is 11.1 Å². The van der Waals surface area contributed by atoms with Crippen molar-refractivity contribution in [2.75, 3.05) is 13.1 Å². The normalized spacial score (nSPS) is 18.9. The topological polar surface area (TPSA) is 96.5 Å². The highest BCUT2D eigenvalue weighted by atomic mass is 16.4. The summed E-state index contributed by atoms with van der Waals surface area (Å²) >= 11 is 0. The van der Waals surface area contributed by atoms with E-state index in [0.29, 0.717) is 12.8 Å². The molecule has 1 saturated heterocycles. The molecule has 0 unspecified atom stereocenters. The molecule has 2 rings (SSSR count). The minimum atomic E-state index is -1.09. The quantitative estimate of drug-likeness (QED) is 0.584. The molecule has 0 aromatic heterocycles. The van der Waals surface area contributed by atoms with Crippen LogP contribution in [0, 0.1) is 0 Å². The van der Waals surface area contributed by atoms with Crippen molar-refractivity contribution in [1.82, 2.24) is 5.32 Å². The second kappa shape index (κ2) is 5.50. The van der Waals surface area contributed by atoms with Crippen molar-refractivity contribution in [3.05, 3.63) is 11.1 Å². The largest absolute Gasteiger partial charge is 0.478 e. The molecule has 5 heteroatoms. The monoisotopic (exact) mass is 213 g/mol. The van der Waals surface area contributed by atoms with Crippen molar-refractivity contribution in [3.63, 3.8) is 0 Å². The number of carboxylic acids is 2. The van der Waals surface area contributed by atoms with Crippen molar-refractivity contribution in [2.45, 2.75) is 25.7 Å². The van der Waals surface area contributed by atoms with Gasteiger partial charge in [-0.25, -0.2) is 9.59 Å². The lowest BCUT2D eigenvalue weighted by Crippen LogP contribution is -2.14. The van der Waals surface area contributed by atoms with E-state index in [9.17, 15) is 9.59 Å². The van der Waals surface area contributed by atoms with Crippen LogP contribution in [-0.4, -0.2) is 35.2 Å². The zero-order valence-corrected chi connectivity index (χ0v) is 8.45. The summed E-state index contributed by atoms with van der Waals surface area (Å²) in [5, 5.41) is 20.3. The van der Waals surface area contributed by atoms with Crippen LogP contribution in [-0.2, 0) is 9.59 Å². The van der Waals surface area contributed by atoms with Crippen LogP contribution in [0.5, 0.6) is 0 Å². The van der Waals surface area contributed by atoms with Gasteiger partial charge in [-0.3, -0.25) is 0 Å². The molecule has 1 aliphatic carbocycles. The molecule has 15 heavy (non-hydrogen) atoms. The number of carbonyl (C=O) groups is 2. The van der Waals surface area contributed by atoms with Crippen LogP contribution >= 0.6 is 0 Å². The van der Waals surface area contributed by atoms with Crippen LogP contribution < -0.4 is 5.32 Å². The molecule has 0 spiro atoms. The van der Waals surface area contributed by atoms with Gasteiger partial charge in [0.25, 0.3) is 0 Å². The van der Waals surface area contributed by atoms with Gasteiger partial charge >= 0.3 is 11.9 Å². The zero-order valence-electron chi connectivity index (χ0n) is 8.45. The average molecular weight is 213 g/mol. The molecule has 1 aliphatic heterocycles. The lowest BCUT2D eigenvalue weighted by atomic mass is 9.92. The number of rotatable bonds is 2. The third-order valence-corrected chi connectivity index (χ3v) is 2.23. The van der Waals surface area contributed by atoms with E-state index < -0.39 is 11.9 Å². The van der Waals surface area contributed by atoms with Gasteiger partial charge in [0.2, 0.25) is 0 Å². The van der Waals surface area contributed by atoms with Gasteiger partial charge in [0.1, 0.15) is 0 Å². The third-order valence-electron chi connectivity index (χ3n) is 2.23. The predicted octanol–water partition coefficient (Wildman–Crippen LogP) is 0.616. The zero-order chi connectivity index (χ0) is 11.3. The molecule has 0 saturated carbocycles. The highest BCUT2D eigenvalue weighted by molar-refractivity contribution is 5.99. The summed E-state index contributed by atoms with van der Waals surface area (Å²) in [4.78, 5) is 21.1. The summed E-state index contributed by atoms with van der Waals surface area (Å²) in [5.74, 6) is -2.18. The lowest BCUT2D eigenvalue weighted by Gasteiger charge is -2.13. The Labute approximate surface area is 87.8 Å². The van der Waals surface area contributed by atoms with Crippen LogP contribution in [0.2, 0.25) is 0 Å². The van der Waals surface area contributed by atoms with E-state index in [1.807, 2.05) is 0 Å². The number of carboxylic acid groups (broad SMARTS) is 2. The second-order valence-electron chi connectivity index (χ2n) is 3.52. The van der Waals surface area contributed by atoms with Gasteiger partial charge in [-0.1, -0.05) is 0 Å². The predicted molar refractivity (Wildman–Crippen MR) is 53.6 cm³/mol. The van der Waals surface area contributed by atoms with Crippen molar-refractivity contribution in [3.8, 4) is 0 Å². The first kappa shape index (κ1) is 11.7. The van der Waals surface area contributed by atoms with Gasteiger partial charge in [0, 0.05) is 24.2 Å². The fraction of sp³-hybridized carbons (Fsp3) is 0.600. The average Bonchev–Trinajstić information content (AvgIpc) is 3.04. The Morgan fingerprint density at radius 3 is 1.47 bits per heavy atom. The molecule has 0 aromatic carbocycles. The maximum atomic E-state index is 10.5. The molecule has 1 heterocycles. The van der Waals surface area contributed by atoms with Gasteiger partial charge in [0.05, 0.1) is 0 Å². The third kappa shape index (κ3) is 4.12. The maximum Gasteiger partial charge on any atom is 0.332 e. The molecule has 3 N–H and O–H groups in total. The fourth-order valence-corrected chi connectivity index (χ4v) is 1.38. The minimum Gasteiger partial charge on any atom is -0.478 e. The number of aliphatic carboxylic acids is 2.